The van der Waals surface area contributed by atoms with Crippen molar-refractivity contribution in [2.75, 3.05) is 18.1 Å². The number of aldehydes is 1. The Morgan fingerprint density at radius 3 is 2.04 bits per heavy atom. The zero-order valence-electron chi connectivity index (χ0n) is 13.9. The Morgan fingerprint density at radius 1 is 0.917 bits per heavy atom. The molecule has 0 bridgehead atoms. The van der Waals surface area contributed by atoms with E-state index in [9.17, 15) is 4.79 Å². The third-order valence-corrected chi connectivity index (χ3v) is 4.68. The van der Waals surface area contributed by atoms with Crippen LogP contribution in [0, 0.1) is 0 Å². The van der Waals surface area contributed by atoms with E-state index in [1.807, 2.05) is 24.3 Å². The molecule has 1 aromatic heterocycles. The highest BCUT2D eigenvalue weighted by atomic mass is 16.1. The lowest BCUT2D eigenvalue weighted by Gasteiger charge is -2.21. The fraction of sp³-hybridized carbons (Fsp3) is 0.200. The number of carbonyl (C=O) groups is 1. The SMILES string of the molecule is CCN(CC)n1nc2c3ccccc3c3ccccc3c2c1C=O. The Labute approximate surface area is 140 Å². The average molecular weight is 317 g/mol. The zero-order valence-corrected chi connectivity index (χ0v) is 13.9. The third-order valence-electron chi connectivity index (χ3n) is 4.68. The predicted octanol–water partition coefficient (Wildman–Crippen LogP) is 4.13. The fourth-order valence-electron chi connectivity index (χ4n) is 3.55. The monoisotopic (exact) mass is 317 g/mol. The molecular weight excluding hydrogens is 298 g/mol. The summed E-state index contributed by atoms with van der Waals surface area (Å²) in [5.74, 6) is 0. The maximum absolute atomic E-state index is 11.9. The molecule has 4 aromatic rings. The van der Waals surface area contributed by atoms with Gasteiger partial charge >= 0.3 is 0 Å². The van der Waals surface area contributed by atoms with Crippen LogP contribution in [0.5, 0.6) is 0 Å². The highest BCUT2D eigenvalue weighted by Gasteiger charge is 2.19. The van der Waals surface area contributed by atoms with Crippen molar-refractivity contribution >= 4 is 38.7 Å². The summed E-state index contributed by atoms with van der Waals surface area (Å²) in [5.41, 5.74) is 1.51. The van der Waals surface area contributed by atoms with Gasteiger partial charge in [0.25, 0.3) is 0 Å². The van der Waals surface area contributed by atoms with E-state index in [0.717, 1.165) is 46.4 Å². The molecule has 0 saturated heterocycles. The first kappa shape index (κ1) is 14.7. The van der Waals surface area contributed by atoms with Gasteiger partial charge in [0.1, 0.15) is 11.2 Å². The van der Waals surface area contributed by atoms with Crippen molar-refractivity contribution in [3.63, 3.8) is 0 Å². The van der Waals surface area contributed by atoms with Gasteiger partial charge in [0.15, 0.2) is 6.29 Å². The molecule has 0 amide bonds. The van der Waals surface area contributed by atoms with Gasteiger partial charge in [0.2, 0.25) is 0 Å². The number of fused-ring (bicyclic) bond motifs is 6. The number of benzene rings is 3. The van der Waals surface area contributed by atoms with E-state index in [1.54, 1.807) is 4.79 Å². The molecule has 0 unspecified atom stereocenters. The summed E-state index contributed by atoms with van der Waals surface area (Å²) < 4.78 is 0. The third kappa shape index (κ3) is 1.92. The second-order valence-corrected chi connectivity index (χ2v) is 5.85. The molecule has 0 saturated carbocycles. The van der Waals surface area contributed by atoms with Gasteiger partial charge in [-0.2, -0.15) is 9.89 Å². The molecule has 3 aromatic carbocycles. The van der Waals surface area contributed by atoms with E-state index >= 15 is 0 Å². The lowest BCUT2D eigenvalue weighted by molar-refractivity contribution is 0.111. The summed E-state index contributed by atoms with van der Waals surface area (Å²) >= 11 is 0. The second kappa shape index (κ2) is 5.64. The summed E-state index contributed by atoms with van der Waals surface area (Å²) in [6, 6.07) is 16.5. The molecule has 4 rings (SSSR count). The smallest absolute Gasteiger partial charge is 0.170 e. The largest absolute Gasteiger partial charge is 0.297 e. The fourth-order valence-corrected chi connectivity index (χ4v) is 3.55. The first-order valence-electron chi connectivity index (χ1n) is 8.32. The number of rotatable bonds is 4. The number of hydrogen-bond donors (Lipinski definition) is 0. The van der Waals surface area contributed by atoms with E-state index < -0.39 is 0 Å². The van der Waals surface area contributed by atoms with Crippen LogP contribution in [0.4, 0.5) is 0 Å². The van der Waals surface area contributed by atoms with Crippen LogP contribution in [0.2, 0.25) is 0 Å². The van der Waals surface area contributed by atoms with Gasteiger partial charge in [-0.1, -0.05) is 48.5 Å². The Hall–Kier alpha value is -2.88. The highest BCUT2D eigenvalue weighted by molar-refractivity contribution is 6.26. The van der Waals surface area contributed by atoms with Crippen LogP contribution in [0.3, 0.4) is 0 Å². The number of hydrogen-bond acceptors (Lipinski definition) is 3. The summed E-state index contributed by atoms with van der Waals surface area (Å²) in [5, 5.41) is 12.3. The maximum Gasteiger partial charge on any atom is 0.170 e. The first-order chi connectivity index (χ1) is 11.8. The van der Waals surface area contributed by atoms with Crippen molar-refractivity contribution in [1.29, 1.82) is 0 Å². The summed E-state index contributed by atoms with van der Waals surface area (Å²) in [4.78, 5) is 13.7. The lowest BCUT2D eigenvalue weighted by atomic mass is 9.97. The lowest BCUT2D eigenvalue weighted by Crippen LogP contribution is -2.36. The minimum absolute atomic E-state index is 0.621. The quantitative estimate of drug-likeness (QED) is 0.419. The van der Waals surface area contributed by atoms with Gasteiger partial charge in [-0.05, 0) is 30.0 Å². The molecule has 0 spiro atoms. The van der Waals surface area contributed by atoms with Crippen molar-refractivity contribution in [3.8, 4) is 0 Å². The summed E-state index contributed by atoms with van der Waals surface area (Å²) in [7, 11) is 0. The molecule has 0 aliphatic heterocycles. The molecule has 24 heavy (non-hydrogen) atoms. The Kier molecular flexibility index (Phi) is 3.45. The van der Waals surface area contributed by atoms with Gasteiger partial charge < -0.3 is 0 Å². The van der Waals surface area contributed by atoms with E-state index in [1.165, 1.54) is 5.39 Å². The van der Waals surface area contributed by atoms with Gasteiger partial charge in [-0.3, -0.25) is 9.80 Å². The maximum atomic E-state index is 11.9. The molecule has 0 fully saturated rings. The molecule has 0 atom stereocenters. The second-order valence-electron chi connectivity index (χ2n) is 5.85. The zero-order chi connectivity index (χ0) is 16.7. The van der Waals surface area contributed by atoms with Crippen LogP contribution < -0.4 is 5.01 Å². The van der Waals surface area contributed by atoms with Crippen LogP contribution in [0.15, 0.2) is 48.5 Å². The van der Waals surface area contributed by atoms with Gasteiger partial charge in [-0.25, -0.2) is 0 Å². The van der Waals surface area contributed by atoms with Crippen molar-refractivity contribution in [2.45, 2.75) is 13.8 Å². The Balaban J connectivity index is 2.27. The van der Waals surface area contributed by atoms with Crippen LogP contribution in [-0.4, -0.2) is 29.3 Å². The Bertz CT molecular complexity index is 1060. The summed E-state index contributed by atoms with van der Waals surface area (Å²) in [6.45, 7) is 5.73. The first-order valence-corrected chi connectivity index (χ1v) is 8.32. The minimum atomic E-state index is 0.621. The normalized spacial score (nSPS) is 11.4. The van der Waals surface area contributed by atoms with Crippen molar-refractivity contribution in [2.24, 2.45) is 0 Å². The van der Waals surface area contributed by atoms with Crippen LogP contribution in [0.1, 0.15) is 24.3 Å². The predicted molar refractivity (Wildman–Crippen MR) is 99.4 cm³/mol. The molecule has 0 aliphatic rings. The topological polar surface area (TPSA) is 38.1 Å². The molecule has 4 nitrogen and oxygen atoms in total. The number of aromatic nitrogens is 2. The van der Waals surface area contributed by atoms with Gasteiger partial charge in [-0.15, -0.1) is 0 Å². The molecule has 0 aliphatic carbocycles. The highest BCUT2D eigenvalue weighted by Crippen LogP contribution is 2.35. The van der Waals surface area contributed by atoms with Gasteiger partial charge in [0.05, 0.1) is 0 Å². The van der Waals surface area contributed by atoms with Crippen molar-refractivity contribution in [1.82, 2.24) is 9.89 Å². The van der Waals surface area contributed by atoms with Crippen molar-refractivity contribution in [3.05, 3.63) is 54.2 Å². The van der Waals surface area contributed by atoms with E-state index in [0.29, 0.717) is 5.69 Å². The van der Waals surface area contributed by atoms with Crippen molar-refractivity contribution < 1.29 is 4.79 Å². The molecule has 120 valence electrons. The molecule has 1 heterocycles. The summed E-state index contributed by atoms with van der Waals surface area (Å²) in [6.07, 6.45) is 0.925. The molecule has 0 radical (unpaired) electrons. The number of carbonyl (C=O) groups excluding carboxylic acids is 1. The number of nitrogens with zero attached hydrogens (tertiary/aromatic N) is 3. The molecule has 0 N–H and O–H groups in total. The standard InChI is InChI=1S/C20H19N3O/c1-3-22(4-2)23-18(13-24)19-16-11-7-5-9-14(16)15-10-6-8-12-17(15)20(19)21-23/h5-13H,3-4H2,1-2H3. The average Bonchev–Trinajstić information content (AvgIpc) is 3.03. The van der Waals surface area contributed by atoms with Crippen LogP contribution in [-0.2, 0) is 0 Å². The van der Waals surface area contributed by atoms with Crippen LogP contribution >= 0.6 is 0 Å². The van der Waals surface area contributed by atoms with E-state index in [-0.39, 0.29) is 0 Å². The van der Waals surface area contributed by atoms with E-state index in [4.69, 9.17) is 5.10 Å². The van der Waals surface area contributed by atoms with E-state index in [2.05, 4.69) is 43.1 Å². The molecule has 4 heteroatoms. The van der Waals surface area contributed by atoms with Crippen LogP contribution in [0.25, 0.3) is 32.4 Å². The molecular formula is C20H19N3O. The minimum Gasteiger partial charge on any atom is -0.297 e. The van der Waals surface area contributed by atoms with Gasteiger partial charge in [0, 0.05) is 23.9 Å². The Morgan fingerprint density at radius 2 is 1.46 bits per heavy atom.